The van der Waals surface area contributed by atoms with E-state index in [1.807, 2.05) is 4.90 Å². The van der Waals surface area contributed by atoms with E-state index in [2.05, 4.69) is 9.97 Å². The Balaban J connectivity index is 1.81. The highest BCUT2D eigenvalue weighted by Crippen LogP contribution is 2.32. The molecular formula is C14H18ClF3N6O2S. The molecule has 1 aliphatic heterocycles. The topological polar surface area (TPSA) is 97.3 Å². The van der Waals surface area contributed by atoms with Gasteiger partial charge in [-0.3, -0.25) is 0 Å². The number of aryl methyl sites for hydroxylation is 1. The summed E-state index contributed by atoms with van der Waals surface area (Å²) in [5, 5.41) is 5.48. The van der Waals surface area contributed by atoms with Crippen molar-refractivity contribution in [2.24, 2.45) is 12.2 Å². The van der Waals surface area contributed by atoms with Crippen molar-refractivity contribution < 1.29 is 21.6 Å². The molecule has 0 amide bonds. The minimum atomic E-state index is -4.66. The van der Waals surface area contributed by atoms with Gasteiger partial charge >= 0.3 is 6.18 Å². The molecule has 0 unspecified atom stereocenters. The predicted molar refractivity (Wildman–Crippen MR) is 94.6 cm³/mol. The summed E-state index contributed by atoms with van der Waals surface area (Å²) < 4.78 is 63.6. The fourth-order valence-corrected chi connectivity index (χ4v) is 4.60. The summed E-state index contributed by atoms with van der Waals surface area (Å²) in [7, 11) is -2.68. The predicted octanol–water partition coefficient (Wildman–Crippen LogP) is 1.66. The maximum Gasteiger partial charge on any atom is 0.402 e. The van der Waals surface area contributed by atoms with Crippen LogP contribution in [-0.4, -0.2) is 59.1 Å². The third kappa shape index (κ3) is 4.28. The van der Waals surface area contributed by atoms with Crippen LogP contribution in [0.15, 0.2) is 12.5 Å². The van der Waals surface area contributed by atoms with Crippen LogP contribution < -0.4 is 10.0 Å². The molecular weight excluding hydrogens is 409 g/mol. The molecule has 1 saturated heterocycles. The van der Waals surface area contributed by atoms with Crippen molar-refractivity contribution in [2.45, 2.75) is 25.1 Å². The van der Waals surface area contributed by atoms with E-state index in [4.69, 9.17) is 16.7 Å². The monoisotopic (exact) mass is 426 g/mol. The number of alkyl halides is 3. The minimum absolute atomic E-state index is 0.191. The largest absolute Gasteiger partial charge is 0.402 e. The van der Waals surface area contributed by atoms with E-state index in [1.54, 1.807) is 17.8 Å². The second kappa shape index (κ2) is 7.08. The average Bonchev–Trinajstić information content (AvgIpc) is 2.86. The van der Waals surface area contributed by atoms with Crippen LogP contribution in [0.5, 0.6) is 0 Å². The Bertz CT molecular complexity index is 940. The maximum atomic E-state index is 12.7. The first kappa shape index (κ1) is 20.1. The van der Waals surface area contributed by atoms with E-state index >= 15 is 0 Å². The Labute approximate surface area is 158 Å². The smallest absolute Gasteiger partial charge is 0.355 e. The third-order valence-electron chi connectivity index (χ3n) is 4.52. The molecule has 2 aromatic heterocycles. The number of fused-ring (bicyclic) bond motifs is 1. The molecule has 0 radical (unpaired) electrons. The highest BCUT2D eigenvalue weighted by Gasteiger charge is 2.40. The van der Waals surface area contributed by atoms with Crippen LogP contribution in [-0.2, 0) is 17.3 Å². The van der Waals surface area contributed by atoms with Crippen molar-refractivity contribution >= 4 is 38.7 Å². The van der Waals surface area contributed by atoms with Crippen LogP contribution in [0.3, 0.4) is 0 Å². The molecule has 3 heterocycles. The highest BCUT2D eigenvalue weighted by molar-refractivity contribution is 7.86. The Kier molecular flexibility index (Phi) is 5.27. The first-order valence-electron chi connectivity index (χ1n) is 8.04. The molecule has 1 fully saturated rings. The van der Waals surface area contributed by atoms with Gasteiger partial charge in [0.15, 0.2) is 5.82 Å². The average molecular weight is 427 g/mol. The first-order valence-corrected chi connectivity index (χ1v) is 9.92. The third-order valence-corrected chi connectivity index (χ3v) is 5.88. The van der Waals surface area contributed by atoms with Gasteiger partial charge in [0.2, 0.25) is 0 Å². The molecule has 150 valence electrons. The Hall–Kier alpha value is -1.63. The summed E-state index contributed by atoms with van der Waals surface area (Å²) in [4.78, 5) is 10.3. The number of nitrogens with zero attached hydrogens (tertiary/aromatic N) is 5. The molecule has 0 saturated carbocycles. The van der Waals surface area contributed by atoms with E-state index in [-0.39, 0.29) is 12.8 Å². The molecule has 0 bridgehead atoms. The fraction of sp³-hybridized carbons (Fsp3) is 0.571. The lowest BCUT2D eigenvalue weighted by Crippen LogP contribution is -2.52. The van der Waals surface area contributed by atoms with Crippen LogP contribution >= 0.6 is 11.6 Å². The van der Waals surface area contributed by atoms with Crippen LogP contribution in [0, 0.1) is 0 Å². The molecule has 8 nitrogen and oxygen atoms in total. The molecule has 0 aliphatic carbocycles. The Morgan fingerprint density at radius 1 is 1.33 bits per heavy atom. The molecule has 0 spiro atoms. The van der Waals surface area contributed by atoms with Crippen molar-refractivity contribution in [2.75, 3.05) is 24.5 Å². The van der Waals surface area contributed by atoms with Gasteiger partial charge in [-0.05, 0) is 12.8 Å². The summed E-state index contributed by atoms with van der Waals surface area (Å²) in [5.41, 5.74) is 1.29. The van der Waals surface area contributed by atoms with E-state index < -0.39 is 29.0 Å². The lowest BCUT2D eigenvalue weighted by molar-refractivity contribution is -0.140. The van der Waals surface area contributed by atoms with Gasteiger partial charge in [0.25, 0.3) is 10.2 Å². The molecule has 1 aliphatic rings. The Morgan fingerprint density at radius 2 is 1.96 bits per heavy atom. The number of hydrogen-bond acceptors (Lipinski definition) is 5. The SMILES string of the molecule is Cn1cc(Cl)c2ncnc(N3CCC(N(CC(F)(F)F)S(N)(=O)=O)CC3)c21. The van der Waals surface area contributed by atoms with Gasteiger partial charge in [-0.2, -0.15) is 25.9 Å². The van der Waals surface area contributed by atoms with Gasteiger partial charge < -0.3 is 9.47 Å². The first-order chi connectivity index (χ1) is 12.5. The van der Waals surface area contributed by atoms with Gasteiger partial charge in [-0.1, -0.05) is 11.6 Å². The second-order valence-electron chi connectivity index (χ2n) is 6.41. The Morgan fingerprint density at radius 3 is 2.52 bits per heavy atom. The zero-order valence-corrected chi connectivity index (χ0v) is 15.9. The van der Waals surface area contributed by atoms with Crippen molar-refractivity contribution in [1.29, 1.82) is 0 Å². The fourth-order valence-electron chi connectivity index (χ4n) is 3.37. The lowest BCUT2D eigenvalue weighted by Gasteiger charge is -2.37. The van der Waals surface area contributed by atoms with Gasteiger partial charge in [0.05, 0.1) is 5.02 Å². The molecule has 27 heavy (non-hydrogen) atoms. The quantitative estimate of drug-likeness (QED) is 0.801. The van der Waals surface area contributed by atoms with Crippen LogP contribution in [0.2, 0.25) is 5.02 Å². The van der Waals surface area contributed by atoms with Gasteiger partial charge in [0, 0.05) is 32.4 Å². The van der Waals surface area contributed by atoms with Crippen LogP contribution in [0.1, 0.15) is 12.8 Å². The molecule has 0 atom stereocenters. The van der Waals surface area contributed by atoms with Crippen molar-refractivity contribution in [3.63, 3.8) is 0 Å². The van der Waals surface area contributed by atoms with Gasteiger partial charge in [0.1, 0.15) is 23.9 Å². The normalized spacial score (nSPS) is 17.2. The van der Waals surface area contributed by atoms with Crippen LogP contribution in [0.4, 0.5) is 19.0 Å². The lowest BCUT2D eigenvalue weighted by atomic mass is 10.0. The number of aromatic nitrogens is 3. The summed E-state index contributed by atoms with van der Waals surface area (Å²) >= 11 is 6.14. The zero-order chi connectivity index (χ0) is 20.0. The van der Waals surface area contributed by atoms with Crippen molar-refractivity contribution in [3.05, 3.63) is 17.5 Å². The minimum Gasteiger partial charge on any atom is -0.355 e. The standard InChI is InChI=1S/C14H18ClF3N6O2S/c1-22-6-10(15)11-12(22)13(21-8-20-11)23-4-2-9(3-5-23)24(27(19,25)26)7-14(16,17)18/h6,8-9H,2-5,7H2,1H3,(H2,19,25,26). The number of rotatable bonds is 4. The second-order valence-corrected chi connectivity index (χ2v) is 8.31. The van der Waals surface area contributed by atoms with Gasteiger partial charge in [-0.15, -0.1) is 0 Å². The van der Waals surface area contributed by atoms with Crippen LogP contribution in [0.25, 0.3) is 11.0 Å². The molecule has 3 rings (SSSR count). The number of hydrogen-bond donors (Lipinski definition) is 1. The molecule has 13 heteroatoms. The van der Waals surface area contributed by atoms with E-state index in [0.717, 1.165) is 0 Å². The number of nitrogens with two attached hydrogens (primary N) is 1. The summed E-state index contributed by atoms with van der Waals surface area (Å²) in [6, 6.07) is -0.827. The highest BCUT2D eigenvalue weighted by atomic mass is 35.5. The van der Waals surface area contributed by atoms with E-state index in [0.29, 0.717) is 39.3 Å². The molecule has 0 aromatic carbocycles. The maximum absolute atomic E-state index is 12.7. The molecule has 2 aromatic rings. The van der Waals surface area contributed by atoms with E-state index in [1.165, 1.54) is 6.33 Å². The summed E-state index contributed by atoms with van der Waals surface area (Å²) in [5.74, 6) is 0.603. The van der Waals surface area contributed by atoms with Crippen molar-refractivity contribution in [3.8, 4) is 0 Å². The summed E-state index contributed by atoms with van der Waals surface area (Å²) in [6.45, 7) is -0.950. The number of piperidine rings is 1. The van der Waals surface area contributed by atoms with Gasteiger partial charge in [-0.25, -0.2) is 15.1 Å². The van der Waals surface area contributed by atoms with Crippen molar-refractivity contribution in [1.82, 2.24) is 18.8 Å². The number of halogens is 4. The summed E-state index contributed by atoms with van der Waals surface area (Å²) in [6.07, 6.45) is -1.21. The zero-order valence-electron chi connectivity index (χ0n) is 14.3. The van der Waals surface area contributed by atoms with E-state index in [9.17, 15) is 21.6 Å². The molecule has 2 N–H and O–H groups in total. The number of anilines is 1.